The Kier molecular flexibility index (Phi) is 5.18. The fourth-order valence-electron chi connectivity index (χ4n) is 2.99. The van der Waals surface area contributed by atoms with Crippen LogP contribution in [0.15, 0.2) is 60.7 Å². The van der Waals surface area contributed by atoms with E-state index in [0.717, 1.165) is 16.5 Å². The minimum atomic E-state index is -0.476. The molecular formula is C22H17ClFN3O2. The van der Waals surface area contributed by atoms with Crippen LogP contribution in [0.3, 0.4) is 0 Å². The molecule has 0 saturated heterocycles. The maximum absolute atomic E-state index is 13.5. The SMILES string of the molecule is COc1ccc(-c2nc(Nc3ccc(F)c(Cl)c3)c3ccccc3n2)cc1OC. The average molecular weight is 410 g/mol. The number of fused-ring (bicyclic) bond motifs is 1. The first kappa shape index (κ1) is 19.0. The second-order valence-electron chi connectivity index (χ2n) is 6.24. The van der Waals surface area contributed by atoms with E-state index in [9.17, 15) is 4.39 Å². The lowest BCUT2D eigenvalue weighted by atomic mass is 10.1. The van der Waals surface area contributed by atoms with Gasteiger partial charge in [0.05, 0.1) is 24.8 Å². The van der Waals surface area contributed by atoms with Crippen molar-refractivity contribution in [3.05, 3.63) is 71.5 Å². The number of aromatic nitrogens is 2. The molecule has 0 unspecified atom stereocenters. The van der Waals surface area contributed by atoms with Gasteiger partial charge in [0.15, 0.2) is 17.3 Å². The third-order valence-corrected chi connectivity index (χ3v) is 4.72. The highest BCUT2D eigenvalue weighted by Crippen LogP contribution is 2.33. The summed E-state index contributed by atoms with van der Waals surface area (Å²) in [6.07, 6.45) is 0. The van der Waals surface area contributed by atoms with Crippen molar-refractivity contribution in [3.63, 3.8) is 0 Å². The fourth-order valence-corrected chi connectivity index (χ4v) is 3.17. The van der Waals surface area contributed by atoms with E-state index in [1.165, 1.54) is 12.1 Å². The predicted molar refractivity (Wildman–Crippen MR) is 113 cm³/mol. The number of para-hydroxylation sites is 1. The van der Waals surface area contributed by atoms with Crippen molar-refractivity contribution in [3.8, 4) is 22.9 Å². The van der Waals surface area contributed by atoms with Crippen LogP contribution < -0.4 is 14.8 Å². The first-order chi connectivity index (χ1) is 14.1. The van der Waals surface area contributed by atoms with Gasteiger partial charge in [-0.25, -0.2) is 14.4 Å². The summed E-state index contributed by atoms with van der Waals surface area (Å²) in [5.41, 5.74) is 2.16. The zero-order valence-corrected chi connectivity index (χ0v) is 16.5. The summed E-state index contributed by atoms with van der Waals surface area (Å²) in [5, 5.41) is 4.08. The second kappa shape index (κ2) is 7.93. The predicted octanol–water partition coefficient (Wildman–Crippen LogP) is 5.85. The van der Waals surface area contributed by atoms with Gasteiger partial charge in [-0.15, -0.1) is 0 Å². The zero-order chi connectivity index (χ0) is 20.4. The Morgan fingerprint density at radius 1 is 0.897 bits per heavy atom. The van der Waals surface area contributed by atoms with Gasteiger partial charge in [-0.2, -0.15) is 0 Å². The first-order valence-electron chi connectivity index (χ1n) is 8.80. The average Bonchev–Trinajstić information content (AvgIpc) is 2.75. The van der Waals surface area contributed by atoms with Gasteiger partial charge in [-0.05, 0) is 48.5 Å². The maximum Gasteiger partial charge on any atom is 0.162 e. The van der Waals surface area contributed by atoms with Gasteiger partial charge in [0.2, 0.25) is 0 Å². The molecule has 4 rings (SSSR count). The smallest absolute Gasteiger partial charge is 0.162 e. The van der Waals surface area contributed by atoms with E-state index in [0.29, 0.717) is 28.8 Å². The van der Waals surface area contributed by atoms with Gasteiger partial charge in [-0.1, -0.05) is 23.7 Å². The van der Waals surface area contributed by atoms with E-state index in [2.05, 4.69) is 10.3 Å². The molecule has 5 nitrogen and oxygen atoms in total. The highest BCUT2D eigenvalue weighted by molar-refractivity contribution is 6.31. The molecule has 0 fully saturated rings. The van der Waals surface area contributed by atoms with E-state index >= 15 is 0 Å². The van der Waals surface area contributed by atoms with Gasteiger partial charge >= 0.3 is 0 Å². The molecule has 0 bridgehead atoms. The molecule has 0 saturated carbocycles. The normalized spacial score (nSPS) is 10.8. The molecule has 29 heavy (non-hydrogen) atoms. The largest absolute Gasteiger partial charge is 0.493 e. The van der Waals surface area contributed by atoms with Crippen LogP contribution in [0.4, 0.5) is 15.9 Å². The molecule has 0 aliphatic rings. The quantitative estimate of drug-likeness (QED) is 0.448. The summed E-state index contributed by atoms with van der Waals surface area (Å²) in [6, 6.07) is 17.6. The third kappa shape index (κ3) is 3.79. The Bertz CT molecular complexity index is 1200. The molecule has 3 aromatic carbocycles. The lowest BCUT2D eigenvalue weighted by Gasteiger charge is -2.13. The molecule has 0 atom stereocenters. The number of hydrogen-bond donors (Lipinski definition) is 1. The Balaban J connectivity index is 1.83. The standard InChI is InChI=1S/C22H17ClFN3O2/c1-28-19-10-7-13(11-20(19)29-2)21-26-18-6-4-3-5-15(18)22(27-21)25-14-8-9-17(24)16(23)12-14/h3-12H,1-2H3,(H,25,26,27). The molecule has 0 spiro atoms. The van der Waals surface area contributed by atoms with Crippen molar-refractivity contribution in [2.24, 2.45) is 0 Å². The van der Waals surface area contributed by atoms with E-state index < -0.39 is 5.82 Å². The number of methoxy groups -OCH3 is 2. The lowest BCUT2D eigenvalue weighted by molar-refractivity contribution is 0.355. The summed E-state index contributed by atoms with van der Waals surface area (Å²) in [5.74, 6) is 1.83. The number of nitrogens with one attached hydrogen (secondary N) is 1. The first-order valence-corrected chi connectivity index (χ1v) is 9.18. The fraction of sp³-hybridized carbons (Fsp3) is 0.0909. The third-order valence-electron chi connectivity index (χ3n) is 4.43. The maximum atomic E-state index is 13.5. The van der Waals surface area contributed by atoms with Crippen molar-refractivity contribution in [2.75, 3.05) is 19.5 Å². The molecule has 1 heterocycles. The Morgan fingerprint density at radius 2 is 1.69 bits per heavy atom. The molecule has 146 valence electrons. The van der Waals surface area contributed by atoms with E-state index in [1.807, 2.05) is 36.4 Å². The summed E-state index contributed by atoms with van der Waals surface area (Å²) in [4.78, 5) is 9.37. The van der Waals surface area contributed by atoms with Gasteiger partial charge in [0, 0.05) is 16.6 Å². The van der Waals surface area contributed by atoms with Crippen molar-refractivity contribution < 1.29 is 13.9 Å². The van der Waals surface area contributed by atoms with Crippen LogP contribution in [0, 0.1) is 5.82 Å². The van der Waals surface area contributed by atoms with Crippen LogP contribution in [0.25, 0.3) is 22.3 Å². The highest BCUT2D eigenvalue weighted by Gasteiger charge is 2.13. The molecule has 1 aromatic heterocycles. The van der Waals surface area contributed by atoms with Crippen molar-refractivity contribution in [2.45, 2.75) is 0 Å². The Hall–Kier alpha value is -3.38. The van der Waals surface area contributed by atoms with Gasteiger partial charge in [0.1, 0.15) is 11.6 Å². The van der Waals surface area contributed by atoms with Crippen molar-refractivity contribution >= 4 is 34.0 Å². The minimum absolute atomic E-state index is 0.0356. The van der Waals surface area contributed by atoms with Crippen LogP contribution in [0.2, 0.25) is 5.02 Å². The summed E-state index contributed by atoms with van der Waals surface area (Å²) >= 11 is 5.91. The van der Waals surface area contributed by atoms with Crippen LogP contribution >= 0.6 is 11.6 Å². The lowest BCUT2D eigenvalue weighted by Crippen LogP contribution is -2.00. The van der Waals surface area contributed by atoms with E-state index in [1.54, 1.807) is 26.4 Å². The van der Waals surface area contributed by atoms with Gasteiger partial charge < -0.3 is 14.8 Å². The number of ether oxygens (including phenoxy) is 2. The number of benzene rings is 3. The molecule has 1 N–H and O–H groups in total. The summed E-state index contributed by atoms with van der Waals surface area (Å²) in [7, 11) is 3.16. The number of halogens is 2. The van der Waals surface area contributed by atoms with E-state index in [4.69, 9.17) is 26.1 Å². The second-order valence-corrected chi connectivity index (χ2v) is 6.64. The summed E-state index contributed by atoms with van der Waals surface area (Å²) < 4.78 is 24.2. The molecule has 0 aliphatic heterocycles. The Labute approximate surface area is 172 Å². The van der Waals surface area contributed by atoms with Gasteiger partial charge in [0.25, 0.3) is 0 Å². The molecular weight excluding hydrogens is 393 g/mol. The molecule has 0 amide bonds. The molecule has 4 aromatic rings. The molecule has 7 heteroatoms. The molecule has 0 aliphatic carbocycles. The van der Waals surface area contributed by atoms with Crippen molar-refractivity contribution in [1.82, 2.24) is 9.97 Å². The van der Waals surface area contributed by atoms with Crippen molar-refractivity contribution in [1.29, 1.82) is 0 Å². The van der Waals surface area contributed by atoms with Gasteiger partial charge in [-0.3, -0.25) is 0 Å². The zero-order valence-electron chi connectivity index (χ0n) is 15.7. The highest BCUT2D eigenvalue weighted by atomic mass is 35.5. The molecule has 0 radical (unpaired) electrons. The van der Waals surface area contributed by atoms with Crippen LogP contribution in [-0.4, -0.2) is 24.2 Å². The van der Waals surface area contributed by atoms with E-state index in [-0.39, 0.29) is 5.02 Å². The van der Waals surface area contributed by atoms with Crippen LogP contribution in [0.1, 0.15) is 0 Å². The Morgan fingerprint density at radius 3 is 2.45 bits per heavy atom. The van der Waals surface area contributed by atoms with Crippen LogP contribution in [0.5, 0.6) is 11.5 Å². The number of hydrogen-bond acceptors (Lipinski definition) is 5. The van der Waals surface area contributed by atoms with Crippen LogP contribution in [-0.2, 0) is 0 Å². The number of nitrogens with zero attached hydrogens (tertiary/aromatic N) is 2. The number of anilines is 2. The topological polar surface area (TPSA) is 56.3 Å². The summed E-state index contributed by atoms with van der Waals surface area (Å²) in [6.45, 7) is 0. The minimum Gasteiger partial charge on any atom is -0.493 e. The number of rotatable bonds is 5. The monoisotopic (exact) mass is 409 g/mol.